The highest BCUT2D eigenvalue weighted by Gasteiger charge is 1.92. The van der Waals surface area contributed by atoms with Crippen molar-refractivity contribution in [2.75, 3.05) is 0 Å². The molecule has 0 spiro atoms. The van der Waals surface area contributed by atoms with Crippen molar-refractivity contribution in [1.29, 1.82) is 0 Å². The van der Waals surface area contributed by atoms with E-state index in [9.17, 15) is 0 Å². The summed E-state index contributed by atoms with van der Waals surface area (Å²) in [6.07, 6.45) is 0.150. The second kappa shape index (κ2) is 2.64. The molecule has 1 atom stereocenters. The van der Waals surface area contributed by atoms with Crippen molar-refractivity contribution in [3.8, 4) is 0 Å². The van der Waals surface area contributed by atoms with Crippen molar-refractivity contribution < 1.29 is 5.11 Å². The van der Waals surface area contributed by atoms with Crippen LogP contribution in [-0.2, 0) is 0 Å². The number of nitrogens with two attached hydrogens (primary N) is 1. The van der Waals surface area contributed by atoms with Gasteiger partial charge >= 0.3 is 0 Å². The first kappa shape index (κ1) is 6.50. The molecule has 0 radical (unpaired) electrons. The van der Waals surface area contributed by atoms with Crippen molar-refractivity contribution >= 4 is 0 Å². The molecule has 0 unspecified atom stereocenters. The lowest BCUT2D eigenvalue weighted by atomic mass is 10.2. The van der Waals surface area contributed by atoms with Gasteiger partial charge in [-0.2, -0.15) is 0 Å². The normalized spacial score (nSPS) is 13.4. The molecule has 0 amide bonds. The summed E-state index contributed by atoms with van der Waals surface area (Å²) in [6.45, 7) is 5.09. The highest BCUT2D eigenvalue weighted by molar-refractivity contribution is 4.87. The minimum absolute atomic E-state index is 0.350. The number of hydrogen-bond acceptors (Lipinski definition) is 2. The lowest BCUT2D eigenvalue weighted by molar-refractivity contribution is 0.195. The highest BCUT2D eigenvalue weighted by Crippen LogP contribution is 1.92. The number of hydrogen-bond donors (Lipinski definition) is 2. The lowest BCUT2D eigenvalue weighted by Crippen LogP contribution is -2.05. The maximum atomic E-state index is 8.58. The molecule has 0 aliphatic carbocycles. The van der Waals surface area contributed by atoms with Gasteiger partial charge in [-0.1, -0.05) is 6.58 Å². The van der Waals surface area contributed by atoms with Gasteiger partial charge < -0.3 is 10.8 Å². The van der Waals surface area contributed by atoms with Gasteiger partial charge in [0.2, 0.25) is 0 Å². The van der Waals surface area contributed by atoms with Crippen LogP contribution in [0.1, 0.15) is 13.3 Å². The van der Waals surface area contributed by atoms with Gasteiger partial charge in [-0.05, 0) is 6.92 Å². The Morgan fingerprint density at radius 2 is 2.43 bits per heavy atom. The molecule has 0 saturated carbocycles. The lowest BCUT2D eigenvalue weighted by Gasteiger charge is -1.99. The third kappa shape index (κ3) is 5.50. The topological polar surface area (TPSA) is 46.2 Å². The Morgan fingerprint density at radius 3 is 2.43 bits per heavy atom. The first-order valence-corrected chi connectivity index (χ1v) is 2.24. The monoisotopic (exact) mass is 101 g/mol. The van der Waals surface area contributed by atoms with Gasteiger partial charge in [0.05, 0.1) is 6.10 Å². The van der Waals surface area contributed by atoms with E-state index in [0.29, 0.717) is 12.1 Å². The summed E-state index contributed by atoms with van der Waals surface area (Å²) in [5.41, 5.74) is 5.68. The van der Waals surface area contributed by atoms with Gasteiger partial charge in [-0.3, -0.25) is 0 Å². The van der Waals surface area contributed by atoms with Crippen molar-refractivity contribution in [3.05, 3.63) is 12.3 Å². The molecule has 0 aliphatic heterocycles. The molecule has 0 heterocycles. The van der Waals surface area contributed by atoms with Gasteiger partial charge in [0.1, 0.15) is 0 Å². The fourth-order valence-corrected chi connectivity index (χ4v) is 0.379. The van der Waals surface area contributed by atoms with E-state index in [-0.39, 0.29) is 6.10 Å². The maximum Gasteiger partial charge on any atom is 0.0566 e. The second-order valence-corrected chi connectivity index (χ2v) is 1.71. The predicted molar refractivity (Wildman–Crippen MR) is 29.6 cm³/mol. The van der Waals surface area contributed by atoms with Crippen molar-refractivity contribution in [2.45, 2.75) is 19.4 Å². The van der Waals surface area contributed by atoms with Crippen LogP contribution in [-0.4, -0.2) is 11.2 Å². The van der Waals surface area contributed by atoms with Gasteiger partial charge in [0.15, 0.2) is 0 Å². The Hall–Kier alpha value is -0.500. The van der Waals surface area contributed by atoms with Crippen LogP contribution in [0.25, 0.3) is 0 Å². The van der Waals surface area contributed by atoms with E-state index >= 15 is 0 Å². The van der Waals surface area contributed by atoms with E-state index in [4.69, 9.17) is 10.8 Å². The molecule has 0 fully saturated rings. The Labute approximate surface area is 43.6 Å². The molecule has 0 aliphatic rings. The minimum Gasteiger partial charge on any atom is -0.402 e. The van der Waals surface area contributed by atoms with Gasteiger partial charge in [0, 0.05) is 12.1 Å². The van der Waals surface area contributed by atoms with E-state index in [1.54, 1.807) is 6.92 Å². The minimum atomic E-state index is -0.350. The standard InChI is InChI=1S/C5H11NO/c1-4(6)3-5(2)7/h5,7H,1,3,6H2,2H3/t5-/m1/s1. The smallest absolute Gasteiger partial charge is 0.0566 e. The zero-order valence-electron chi connectivity index (χ0n) is 4.52. The molecule has 0 aromatic carbocycles. The first-order valence-electron chi connectivity index (χ1n) is 2.24. The molecule has 3 N–H and O–H groups in total. The number of rotatable bonds is 2. The second-order valence-electron chi connectivity index (χ2n) is 1.71. The number of aliphatic hydroxyl groups is 1. The molecule has 0 aromatic heterocycles. The average Bonchev–Trinajstić information content (AvgIpc) is 1.27. The van der Waals surface area contributed by atoms with E-state index in [0.717, 1.165) is 0 Å². The summed E-state index contributed by atoms with van der Waals surface area (Å²) in [6, 6.07) is 0. The molecule has 2 heteroatoms. The third-order valence-corrected chi connectivity index (χ3v) is 0.558. The molecule has 7 heavy (non-hydrogen) atoms. The first-order chi connectivity index (χ1) is 3.13. The fraction of sp³-hybridized carbons (Fsp3) is 0.600. The van der Waals surface area contributed by atoms with Crippen LogP contribution in [0.15, 0.2) is 12.3 Å². The van der Waals surface area contributed by atoms with E-state index in [1.807, 2.05) is 0 Å². The maximum absolute atomic E-state index is 8.58. The van der Waals surface area contributed by atoms with Crippen LogP contribution in [0.5, 0.6) is 0 Å². The summed E-state index contributed by atoms with van der Waals surface area (Å²) < 4.78 is 0. The summed E-state index contributed by atoms with van der Waals surface area (Å²) in [5, 5.41) is 8.58. The van der Waals surface area contributed by atoms with E-state index in [2.05, 4.69) is 6.58 Å². The van der Waals surface area contributed by atoms with Crippen molar-refractivity contribution in [2.24, 2.45) is 5.73 Å². The Kier molecular flexibility index (Phi) is 2.45. The van der Waals surface area contributed by atoms with Crippen LogP contribution >= 0.6 is 0 Å². The van der Waals surface area contributed by atoms with Crippen LogP contribution < -0.4 is 5.73 Å². The average molecular weight is 101 g/mol. The summed E-state index contributed by atoms with van der Waals surface area (Å²) in [7, 11) is 0. The quantitative estimate of drug-likeness (QED) is 0.523. The van der Waals surface area contributed by atoms with Crippen molar-refractivity contribution in [3.63, 3.8) is 0 Å². The molecular weight excluding hydrogens is 90.1 g/mol. The molecular formula is C5H11NO. The van der Waals surface area contributed by atoms with Crippen LogP contribution in [0.3, 0.4) is 0 Å². The largest absolute Gasteiger partial charge is 0.402 e. The predicted octanol–water partition coefficient (Wildman–Crippen LogP) is 0.230. The Balaban J connectivity index is 3.13. The summed E-state index contributed by atoms with van der Waals surface area (Å²) in [5.74, 6) is 0. The molecule has 42 valence electrons. The summed E-state index contributed by atoms with van der Waals surface area (Å²) in [4.78, 5) is 0. The van der Waals surface area contributed by atoms with Crippen LogP contribution in [0.2, 0.25) is 0 Å². The Morgan fingerprint density at radius 1 is 2.00 bits per heavy atom. The molecule has 2 nitrogen and oxygen atoms in total. The van der Waals surface area contributed by atoms with Crippen LogP contribution in [0, 0.1) is 0 Å². The third-order valence-electron chi connectivity index (χ3n) is 0.558. The zero-order chi connectivity index (χ0) is 5.86. The van der Waals surface area contributed by atoms with Crippen molar-refractivity contribution in [1.82, 2.24) is 0 Å². The molecule has 0 saturated heterocycles. The Bertz CT molecular complexity index is 68.5. The highest BCUT2D eigenvalue weighted by atomic mass is 16.3. The van der Waals surface area contributed by atoms with Gasteiger partial charge in [0.25, 0.3) is 0 Å². The van der Waals surface area contributed by atoms with Gasteiger partial charge in [-0.15, -0.1) is 0 Å². The molecule has 0 aromatic rings. The summed E-state index contributed by atoms with van der Waals surface area (Å²) >= 11 is 0. The van der Waals surface area contributed by atoms with Crippen LogP contribution in [0.4, 0.5) is 0 Å². The number of aliphatic hydroxyl groups excluding tert-OH is 1. The zero-order valence-corrected chi connectivity index (χ0v) is 4.52. The van der Waals surface area contributed by atoms with Gasteiger partial charge in [-0.25, -0.2) is 0 Å². The molecule has 0 bridgehead atoms. The van der Waals surface area contributed by atoms with E-state index < -0.39 is 0 Å². The van der Waals surface area contributed by atoms with E-state index in [1.165, 1.54) is 0 Å². The fourth-order valence-electron chi connectivity index (χ4n) is 0.379. The molecule has 0 rings (SSSR count). The SMILES string of the molecule is C=C(N)C[C@@H](C)O.